The Morgan fingerprint density at radius 1 is 1.39 bits per heavy atom. The molecule has 0 radical (unpaired) electrons. The van der Waals surface area contributed by atoms with E-state index in [1.165, 1.54) is 0 Å². The quantitative estimate of drug-likeness (QED) is 0.734. The summed E-state index contributed by atoms with van der Waals surface area (Å²) in [5, 5.41) is 6.10. The van der Waals surface area contributed by atoms with Crippen LogP contribution in [0.4, 0.5) is 4.79 Å². The first-order valence-electron chi connectivity index (χ1n) is 10.4. The molecular formula is C21H30N4O3. The highest BCUT2D eigenvalue weighted by Crippen LogP contribution is 2.54. The smallest absolute Gasteiger partial charge is 0.317 e. The fourth-order valence-corrected chi connectivity index (χ4v) is 5.11. The van der Waals surface area contributed by atoms with E-state index in [2.05, 4.69) is 22.5 Å². The molecule has 7 heteroatoms. The Bertz CT molecular complexity index is 755. The van der Waals surface area contributed by atoms with Crippen molar-refractivity contribution >= 4 is 11.9 Å². The minimum atomic E-state index is -0.216. The van der Waals surface area contributed by atoms with Gasteiger partial charge in [-0.2, -0.15) is 0 Å². The van der Waals surface area contributed by atoms with Crippen molar-refractivity contribution in [2.24, 2.45) is 11.8 Å². The first kappa shape index (κ1) is 19.2. The van der Waals surface area contributed by atoms with Gasteiger partial charge in [-0.25, -0.2) is 4.79 Å². The minimum absolute atomic E-state index is 0.0121. The summed E-state index contributed by atoms with van der Waals surface area (Å²) >= 11 is 0. The molecule has 0 unspecified atom stereocenters. The van der Waals surface area contributed by atoms with Crippen LogP contribution in [-0.4, -0.2) is 59.7 Å². The predicted molar refractivity (Wildman–Crippen MR) is 105 cm³/mol. The number of nitrogens with one attached hydrogen (secondary N) is 2. The highest BCUT2D eigenvalue weighted by Gasteiger charge is 2.63. The average molecular weight is 386 g/mol. The lowest BCUT2D eigenvalue weighted by molar-refractivity contribution is 0.00554. The molecule has 0 aliphatic carbocycles. The van der Waals surface area contributed by atoms with Crippen LogP contribution < -0.4 is 10.6 Å². The van der Waals surface area contributed by atoms with Crippen LogP contribution in [0.2, 0.25) is 0 Å². The van der Waals surface area contributed by atoms with Gasteiger partial charge < -0.3 is 20.3 Å². The van der Waals surface area contributed by atoms with Gasteiger partial charge in [-0.1, -0.05) is 13.3 Å². The summed E-state index contributed by atoms with van der Waals surface area (Å²) in [7, 11) is 0. The highest BCUT2D eigenvalue weighted by atomic mass is 16.5. The van der Waals surface area contributed by atoms with Crippen LogP contribution in [0.5, 0.6) is 0 Å². The molecule has 2 N–H and O–H groups in total. The van der Waals surface area contributed by atoms with Crippen LogP contribution in [0.3, 0.4) is 0 Å². The molecule has 2 bridgehead atoms. The maximum atomic E-state index is 12.6. The van der Waals surface area contributed by atoms with Crippen molar-refractivity contribution in [2.45, 2.75) is 51.2 Å². The molecule has 4 rings (SSSR count). The molecule has 0 saturated carbocycles. The summed E-state index contributed by atoms with van der Waals surface area (Å²) in [6.45, 7) is 6.70. The molecule has 7 nitrogen and oxygen atoms in total. The van der Waals surface area contributed by atoms with Gasteiger partial charge in [0.1, 0.15) is 0 Å². The fourth-order valence-electron chi connectivity index (χ4n) is 5.11. The first-order valence-corrected chi connectivity index (χ1v) is 10.4. The number of fused-ring (bicyclic) bond motifs is 1. The highest BCUT2D eigenvalue weighted by molar-refractivity contribution is 5.95. The van der Waals surface area contributed by atoms with E-state index in [-0.39, 0.29) is 29.6 Å². The number of ether oxygens (including phenoxy) is 1. The SMILES string of the molecule is CCCCNC(=O)N1C[C@@H]2[C@H](CNC(=O)c3cnccc3C)[C@H]3CC[C@]2(C1)O3. The molecule has 1 aromatic rings. The standard InChI is InChI=1S/C21H30N4O3/c1-3-4-8-23-20(27)25-12-17-16(18-5-7-21(17,13-25)28-18)11-24-19(26)15-10-22-9-6-14(15)2/h6,9-10,16-18H,3-5,7-8,11-13H2,1-2H3,(H,23,27)(H,24,26)/t16-,17+,18+,21+/m0/s1. The first-order chi connectivity index (χ1) is 13.5. The summed E-state index contributed by atoms with van der Waals surface area (Å²) in [4.78, 5) is 31.0. The normalized spacial score (nSPS) is 30.4. The molecule has 3 aliphatic rings. The Balaban J connectivity index is 1.38. The van der Waals surface area contributed by atoms with Crippen LogP contribution >= 0.6 is 0 Å². The number of likely N-dealkylation sites (tertiary alicyclic amines) is 1. The molecule has 0 aromatic carbocycles. The maximum absolute atomic E-state index is 12.6. The van der Waals surface area contributed by atoms with Crippen molar-refractivity contribution in [2.75, 3.05) is 26.2 Å². The van der Waals surface area contributed by atoms with E-state index in [9.17, 15) is 9.59 Å². The van der Waals surface area contributed by atoms with E-state index in [0.717, 1.165) is 37.8 Å². The van der Waals surface area contributed by atoms with Crippen molar-refractivity contribution in [3.63, 3.8) is 0 Å². The number of amides is 3. The third kappa shape index (κ3) is 3.36. The van der Waals surface area contributed by atoms with Gasteiger partial charge in [0.05, 0.1) is 23.8 Å². The van der Waals surface area contributed by atoms with E-state index < -0.39 is 0 Å². The molecule has 3 fully saturated rings. The molecule has 1 aromatic heterocycles. The monoisotopic (exact) mass is 386 g/mol. The predicted octanol–water partition coefficient (Wildman–Crippen LogP) is 2.11. The second kappa shape index (κ2) is 7.70. The largest absolute Gasteiger partial charge is 0.369 e. The molecule has 4 atom stereocenters. The minimum Gasteiger partial charge on any atom is -0.369 e. The molecule has 28 heavy (non-hydrogen) atoms. The van der Waals surface area contributed by atoms with Crippen molar-refractivity contribution < 1.29 is 14.3 Å². The Labute approximate surface area is 166 Å². The van der Waals surface area contributed by atoms with Crippen LogP contribution in [0.1, 0.15) is 48.5 Å². The summed E-state index contributed by atoms with van der Waals surface area (Å²) in [6.07, 6.45) is 7.57. The fraction of sp³-hybridized carbons (Fsp3) is 0.667. The Morgan fingerprint density at radius 2 is 2.25 bits per heavy atom. The summed E-state index contributed by atoms with van der Waals surface area (Å²) in [6, 6.07) is 1.86. The molecule has 3 amide bonds. The number of carbonyl (C=O) groups excluding carboxylic acids is 2. The van der Waals surface area contributed by atoms with Crippen molar-refractivity contribution in [1.82, 2.24) is 20.5 Å². The van der Waals surface area contributed by atoms with Gasteiger partial charge in [-0.3, -0.25) is 9.78 Å². The van der Waals surface area contributed by atoms with Crippen LogP contribution in [-0.2, 0) is 4.74 Å². The van der Waals surface area contributed by atoms with Crippen LogP contribution in [0, 0.1) is 18.8 Å². The van der Waals surface area contributed by atoms with Crippen molar-refractivity contribution in [3.05, 3.63) is 29.6 Å². The van der Waals surface area contributed by atoms with Crippen molar-refractivity contribution in [3.8, 4) is 0 Å². The number of nitrogens with zero attached hydrogens (tertiary/aromatic N) is 2. The van der Waals surface area contributed by atoms with E-state index in [4.69, 9.17) is 4.74 Å². The second-order valence-corrected chi connectivity index (χ2v) is 8.40. The maximum Gasteiger partial charge on any atom is 0.317 e. The van der Waals surface area contributed by atoms with Gasteiger partial charge >= 0.3 is 6.03 Å². The molecule has 3 aliphatic heterocycles. The second-order valence-electron chi connectivity index (χ2n) is 8.40. The van der Waals surface area contributed by atoms with E-state index in [0.29, 0.717) is 31.1 Å². The zero-order valence-electron chi connectivity index (χ0n) is 16.7. The van der Waals surface area contributed by atoms with Gasteiger partial charge in [-0.05, 0) is 37.8 Å². The number of unbranched alkanes of at least 4 members (excludes halogenated alkanes) is 1. The Kier molecular flexibility index (Phi) is 5.27. The number of aromatic nitrogens is 1. The van der Waals surface area contributed by atoms with Gasteiger partial charge in [0.2, 0.25) is 0 Å². The average Bonchev–Trinajstić information content (AvgIpc) is 3.35. The number of carbonyl (C=O) groups is 2. The van der Waals surface area contributed by atoms with Crippen LogP contribution in [0.25, 0.3) is 0 Å². The third-order valence-electron chi connectivity index (χ3n) is 6.66. The summed E-state index contributed by atoms with van der Waals surface area (Å²) in [5.74, 6) is 0.455. The van der Waals surface area contributed by atoms with Gasteiger partial charge in [0, 0.05) is 43.9 Å². The van der Waals surface area contributed by atoms with Gasteiger partial charge in [0.25, 0.3) is 5.91 Å². The van der Waals surface area contributed by atoms with Gasteiger partial charge in [0.15, 0.2) is 0 Å². The molecule has 3 saturated heterocycles. The Morgan fingerprint density at radius 3 is 3.04 bits per heavy atom. The lowest BCUT2D eigenvalue weighted by Crippen LogP contribution is -2.42. The third-order valence-corrected chi connectivity index (χ3v) is 6.66. The van der Waals surface area contributed by atoms with Crippen molar-refractivity contribution in [1.29, 1.82) is 0 Å². The summed E-state index contributed by atoms with van der Waals surface area (Å²) < 4.78 is 6.38. The zero-order chi connectivity index (χ0) is 19.7. The van der Waals surface area contributed by atoms with Crippen LogP contribution in [0.15, 0.2) is 18.5 Å². The molecule has 152 valence electrons. The Hall–Kier alpha value is -2.15. The number of hydrogen-bond acceptors (Lipinski definition) is 4. The number of rotatable bonds is 6. The van der Waals surface area contributed by atoms with E-state index in [1.54, 1.807) is 12.4 Å². The summed E-state index contributed by atoms with van der Waals surface area (Å²) in [5.41, 5.74) is 1.32. The number of urea groups is 1. The zero-order valence-corrected chi connectivity index (χ0v) is 16.7. The lowest BCUT2D eigenvalue weighted by atomic mass is 9.73. The molecule has 4 heterocycles. The topological polar surface area (TPSA) is 83.6 Å². The van der Waals surface area contributed by atoms with E-state index in [1.807, 2.05) is 17.9 Å². The number of aryl methyl sites for hydroxylation is 1. The lowest BCUT2D eigenvalue weighted by Gasteiger charge is -2.29. The molecule has 1 spiro atoms. The number of hydrogen-bond donors (Lipinski definition) is 2. The molecular weight excluding hydrogens is 356 g/mol. The van der Waals surface area contributed by atoms with Gasteiger partial charge in [-0.15, -0.1) is 0 Å². The number of pyridine rings is 1. The van der Waals surface area contributed by atoms with E-state index >= 15 is 0 Å².